The van der Waals surface area contributed by atoms with Crippen LogP contribution in [0.5, 0.6) is 0 Å². The molecule has 5 nitrogen and oxygen atoms in total. The summed E-state index contributed by atoms with van der Waals surface area (Å²) in [6.07, 6.45) is 4.89. The summed E-state index contributed by atoms with van der Waals surface area (Å²) in [5, 5.41) is 5.36. The van der Waals surface area contributed by atoms with Gasteiger partial charge in [0.25, 0.3) is 5.91 Å². The molecule has 3 aromatic carbocycles. The summed E-state index contributed by atoms with van der Waals surface area (Å²) >= 11 is 0. The number of amides is 1. The number of carbonyl (C=O) groups is 1. The Hall–Kier alpha value is -4.51. The summed E-state index contributed by atoms with van der Waals surface area (Å²) in [5.74, 6) is -0.281. The monoisotopic (exact) mass is 416 g/mol. The summed E-state index contributed by atoms with van der Waals surface area (Å²) < 4.78 is 2.23. The van der Waals surface area contributed by atoms with Gasteiger partial charge in [-0.2, -0.15) is 5.10 Å². The van der Waals surface area contributed by atoms with Gasteiger partial charge in [-0.1, -0.05) is 66.7 Å². The van der Waals surface area contributed by atoms with Gasteiger partial charge in [-0.3, -0.25) is 9.78 Å². The van der Waals surface area contributed by atoms with Crippen LogP contribution in [0.25, 0.3) is 27.8 Å². The number of pyridine rings is 1. The Morgan fingerprint density at radius 1 is 0.812 bits per heavy atom. The molecule has 0 atom stereocenters. The fourth-order valence-corrected chi connectivity index (χ4v) is 3.84. The van der Waals surface area contributed by atoms with Gasteiger partial charge in [0.15, 0.2) is 0 Å². The van der Waals surface area contributed by atoms with Crippen LogP contribution in [0.4, 0.5) is 0 Å². The highest BCUT2D eigenvalue weighted by molar-refractivity contribution is 6.07. The van der Waals surface area contributed by atoms with Crippen LogP contribution in [-0.4, -0.2) is 21.7 Å². The van der Waals surface area contributed by atoms with E-state index in [2.05, 4.69) is 56.5 Å². The standard InChI is InChI=1S/C27H20N4O/c32-27(21-15-17-28-18-16-21)30-29-19-24-23-13-7-8-14-25(23)31(22-11-5-2-6-12-22)26(24)20-9-3-1-4-10-20/h1-19H,(H,30,32)/b29-19-. The Kier molecular flexibility index (Phi) is 5.29. The Balaban J connectivity index is 1.66. The molecule has 0 saturated carbocycles. The molecule has 0 fully saturated rings. The van der Waals surface area contributed by atoms with Gasteiger partial charge in [0.05, 0.1) is 17.4 Å². The van der Waals surface area contributed by atoms with E-state index in [1.165, 1.54) is 0 Å². The van der Waals surface area contributed by atoms with E-state index in [0.717, 1.165) is 33.4 Å². The number of para-hydroxylation sites is 2. The first-order chi connectivity index (χ1) is 15.8. The number of fused-ring (bicyclic) bond motifs is 1. The fourth-order valence-electron chi connectivity index (χ4n) is 3.84. The Bertz CT molecular complexity index is 1390. The van der Waals surface area contributed by atoms with Crippen LogP contribution < -0.4 is 5.43 Å². The number of rotatable bonds is 5. The van der Waals surface area contributed by atoms with E-state index in [1.54, 1.807) is 30.7 Å². The molecule has 0 aliphatic carbocycles. The zero-order chi connectivity index (χ0) is 21.8. The third-order valence-electron chi connectivity index (χ3n) is 5.28. The molecular formula is C27H20N4O. The molecule has 0 aliphatic rings. The molecule has 0 saturated heterocycles. The van der Waals surface area contributed by atoms with Gasteiger partial charge in [0.1, 0.15) is 0 Å². The molecule has 154 valence electrons. The van der Waals surface area contributed by atoms with Crippen LogP contribution in [0.1, 0.15) is 15.9 Å². The lowest BCUT2D eigenvalue weighted by atomic mass is 10.1. The van der Waals surface area contributed by atoms with E-state index in [4.69, 9.17) is 0 Å². The van der Waals surface area contributed by atoms with Crippen LogP contribution in [0.15, 0.2) is 115 Å². The largest absolute Gasteiger partial charge is 0.309 e. The molecule has 32 heavy (non-hydrogen) atoms. The molecule has 0 radical (unpaired) electrons. The third kappa shape index (κ3) is 3.68. The first kappa shape index (κ1) is 19.5. The van der Waals surface area contributed by atoms with Crippen molar-refractivity contribution in [3.05, 3.63) is 121 Å². The third-order valence-corrected chi connectivity index (χ3v) is 5.28. The molecule has 0 bridgehead atoms. The van der Waals surface area contributed by atoms with E-state index >= 15 is 0 Å². The second-order valence-corrected chi connectivity index (χ2v) is 7.25. The maximum absolute atomic E-state index is 12.4. The Morgan fingerprint density at radius 3 is 2.22 bits per heavy atom. The lowest BCUT2D eigenvalue weighted by Crippen LogP contribution is -2.17. The second-order valence-electron chi connectivity index (χ2n) is 7.25. The molecule has 5 heteroatoms. The Labute approximate surface area is 185 Å². The van der Waals surface area contributed by atoms with Gasteiger partial charge >= 0.3 is 0 Å². The molecule has 1 N–H and O–H groups in total. The highest BCUT2D eigenvalue weighted by atomic mass is 16.2. The molecule has 2 aromatic heterocycles. The average molecular weight is 416 g/mol. The molecule has 1 amide bonds. The highest BCUT2D eigenvalue weighted by Gasteiger charge is 2.18. The van der Waals surface area contributed by atoms with Gasteiger partial charge in [0, 0.05) is 34.6 Å². The molecule has 2 heterocycles. The highest BCUT2D eigenvalue weighted by Crippen LogP contribution is 2.35. The number of hydrogen-bond donors (Lipinski definition) is 1. The second kappa shape index (κ2) is 8.70. The number of nitrogens with one attached hydrogen (secondary N) is 1. The van der Waals surface area contributed by atoms with Crippen LogP contribution in [0.3, 0.4) is 0 Å². The van der Waals surface area contributed by atoms with Crippen molar-refractivity contribution in [2.45, 2.75) is 0 Å². The number of nitrogens with zero attached hydrogens (tertiary/aromatic N) is 3. The predicted octanol–water partition coefficient (Wildman–Crippen LogP) is 5.46. The van der Waals surface area contributed by atoms with Gasteiger partial charge in [-0.25, -0.2) is 5.43 Å². The van der Waals surface area contributed by atoms with Crippen LogP contribution in [-0.2, 0) is 0 Å². The smallest absolute Gasteiger partial charge is 0.271 e. The Morgan fingerprint density at radius 2 is 1.47 bits per heavy atom. The van der Waals surface area contributed by atoms with Crippen molar-refractivity contribution in [3.8, 4) is 16.9 Å². The normalized spacial score (nSPS) is 11.1. The quantitative estimate of drug-likeness (QED) is 0.306. The van der Waals surface area contributed by atoms with Crippen molar-refractivity contribution < 1.29 is 4.79 Å². The molecule has 0 spiro atoms. The molecule has 5 rings (SSSR count). The predicted molar refractivity (Wildman–Crippen MR) is 128 cm³/mol. The summed E-state index contributed by atoms with van der Waals surface area (Å²) in [7, 11) is 0. The average Bonchev–Trinajstić information content (AvgIpc) is 3.20. The van der Waals surface area contributed by atoms with E-state index < -0.39 is 0 Å². The van der Waals surface area contributed by atoms with Gasteiger partial charge in [-0.05, 0) is 35.9 Å². The minimum Gasteiger partial charge on any atom is -0.309 e. The lowest BCUT2D eigenvalue weighted by Gasteiger charge is -2.12. The molecule has 0 aliphatic heterocycles. The maximum atomic E-state index is 12.4. The van der Waals surface area contributed by atoms with E-state index in [1.807, 2.05) is 48.5 Å². The van der Waals surface area contributed by atoms with Gasteiger partial charge in [0.2, 0.25) is 0 Å². The summed E-state index contributed by atoms with van der Waals surface area (Å²) in [6.45, 7) is 0. The van der Waals surface area contributed by atoms with Crippen molar-refractivity contribution in [1.82, 2.24) is 15.0 Å². The first-order valence-electron chi connectivity index (χ1n) is 10.3. The van der Waals surface area contributed by atoms with E-state index in [9.17, 15) is 4.79 Å². The van der Waals surface area contributed by atoms with E-state index in [0.29, 0.717) is 5.56 Å². The molecule has 5 aromatic rings. The zero-order valence-electron chi connectivity index (χ0n) is 17.2. The van der Waals surface area contributed by atoms with Crippen molar-refractivity contribution in [2.24, 2.45) is 5.10 Å². The fraction of sp³-hybridized carbons (Fsp3) is 0. The summed E-state index contributed by atoms with van der Waals surface area (Å²) in [4.78, 5) is 16.4. The van der Waals surface area contributed by atoms with Gasteiger partial charge < -0.3 is 4.57 Å². The summed E-state index contributed by atoms with van der Waals surface area (Å²) in [5.41, 5.74) is 8.28. The van der Waals surface area contributed by atoms with Crippen molar-refractivity contribution in [3.63, 3.8) is 0 Å². The minimum atomic E-state index is -0.281. The summed E-state index contributed by atoms with van der Waals surface area (Å²) in [6, 6.07) is 32.0. The van der Waals surface area contributed by atoms with Crippen LogP contribution >= 0.6 is 0 Å². The molecule has 0 unspecified atom stereocenters. The first-order valence-corrected chi connectivity index (χ1v) is 10.3. The van der Waals surface area contributed by atoms with Crippen LogP contribution in [0.2, 0.25) is 0 Å². The maximum Gasteiger partial charge on any atom is 0.271 e. The lowest BCUT2D eigenvalue weighted by molar-refractivity contribution is 0.0955. The number of hydrogen-bond acceptors (Lipinski definition) is 3. The van der Waals surface area contributed by atoms with Crippen molar-refractivity contribution in [1.29, 1.82) is 0 Å². The number of aromatic nitrogens is 2. The minimum absolute atomic E-state index is 0.281. The topological polar surface area (TPSA) is 59.3 Å². The van der Waals surface area contributed by atoms with Crippen LogP contribution in [0, 0.1) is 0 Å². The number of hydrazone groups is 1. The zero-order valence-corrected chi connectivity index (χ0v) is 17.2. The number of carbonyl (C=O) groups excluding carboxylic acids is 1. The molecular weight excluding hydrogens is 396 g/mol. The van der Waals surface area contributed by atoms with Crippen molar-refractivity contribution >= 4 is 23.0 Å². The SMILES string of the molecule is O=C(N/N=C\c1c(-c2ccccc2)n(-c2ccccc2)c2ccccc12)c1ccncc1. The van der Waals surface area contributed by atoms with Crippen molar-refractivity contribution in [2.75, 3.05) is 0 Å². The van der Waals surface area contributed by atoms with E-state index in [-0.39, 0.29) is 5.91 Å². The van der Waals surface area contributed by atoms with Gasteiger partial charge in [-0.15, -0.1) is 0 Å². The number of benzene rings is 3.